The number of hydrogen-bond donors (Lipinski definition) is 0. The summed E-state index contributed by atoms with van der Waals surface area (Å²) in [6.07, 6.45) is 3.36. The lowest BCUT2D eigenvalue weighted by Crippen LogP contribution is -2.43. The van der Waals surface area contributed by atoms with Gasteiger partial charge in [0.2, 0.25) is 5.91 Å². The van der Waals surface area contributed by atoms with Crippen molar-refractivity contribution in [1.29, 1.82) is 0 Å². The van der Waals surface area contributed by atoms with E-state index in [0.717, 1.165) is 40.0 Å². The number of carbonyl (C=O) groups is 1. The fraction of sp³-hybridized carbons (Fsp3) is 0.611. The van der Waals surface area contributed by atoms with Crippen LogP contribution in [0.5, 0.6) is 0 Å². The number of piperidine rings is 1. The minimum absolute atomic E-state index is 0.00985. The lowest BCUT2D eigenvalue weighted by atomic mass is 10.0. The number of fused-ring (bicyclic) bond motifs is 1. The first-order valence-corrected chi connectivity index (χ1v) is 10.7. The maximum atomic E-state index is 12.8. The van der Waals surface area contributed by atoms with E-state index in [0.29, 0.717) is 23.5 Å². The second kappa shape index (κ2) is 7.50. The van der Waals surface area contributed by atoms with Gasteiger partial charge in [-0.15, -0.1) is 11.3 Å². The molecule has 25 heavy (non-hydrogen) atoms. The van der Waals surface area contributed by atoms with Crippen LogP contribution in [0, 0.1) is 13.8 Å². The molecule has 0 bridgehead atoms. The molecule has 2 aromatic rings. The highest BCUT2D eigenvalue weighted by Gasteiger charge is 2.24. The molecule has 3 heterocycles. The first kappa shape index (κ1) is 18.5. The lowest BCUT2D eigenvalue weighted by molar-refractivity contribution is -0.131. The van der Waals surface area contributed by atoms with E-state index in [-0.39, 0.29) is 11.5 Å². The predicted molar refractivity (Wildman–Crippen MR) is 105 cm³/mol. The van der Waals surface area contributed by atoms with E-state index in [1.165, 1.54) is 18.2 Å². The molecule has 0 unspecified atom stereocenters. The van der Waals surface area contributed by atoms with Crippen LogP contribution < -0.4 is 5.56 Å². The standard InChI is InChI=1S/C18H25N3O2S2/c1-5-20-17(23)15-12(3)13(4)25-16(15)19-18(20)24-10-14(22)21-9-7-6-8-11(21)2/h11H,5-10H2,1-4H3/t11-/m1/s1. The van der Waals surface area contributed by atoms with Crippen LogP contribution in [0.15, 0.2) is 9.95 Å². The number of thioether (sulfide) groups is 1. The van der Waals surface area contributed by atoms with Crippen molar-refractivity contribution >= 4 is 39.2 Å². The molecule has 1 aliphatic rings. The number of aromatic nitrogens is 2. The Hall–Kier alpha value is -1.34. The van der Waals surface area contributed by atoms with Gasteiger partial charge in [0.25, 0.3) is 5.56 Å². The molecule has 1 fully saturated rings. The lowest BCUT2D eigenvalue weighted by Gasteiger charge is -2.33. The normalized spacial score (nSPS) is 18.1. The molecule has 0 aliphatic carbocycles. The SMILES string of the molecule is CCn1c(SCC(=O)N2CCCC[C@H]2C)nc2sc(C)c(C)c2c1=O. The number of aryl methyl sites for hydroxylation is 2. The van der Waals surface area contributed by atoms with Crippen molar-refractivity contribution in [2.24, 2.45) is 0 Å². The van der Waals surface area contributed by atoms with Crippen LogP contribution in [0.1, 0.15) is 43.6 Å². The minimum Gasteiger partial charge on any atom is -0.339 e. The van der Waals surface area contributed by atoms with Crippen molar-refractivity contribution in [3.05, 3.63) is 20.8 Å². The molecule has 0 aromatic carbocycles. The monoisotopic (exact) mass is 379 g/mol. The van der Waals surface area contributed by atoms with Gasteiger partial charge < -0.3 is 4.90 Å². The summed E-state index contributed by atoms with van der Waals surface area (Å²) in [5.41, 5.74) is 1.03. The molecule has 5 nitrogen and oxygen atoms in total. The molecule has 1 saturated heterocycles. The summed E-state index contributed by atoms with van der Waals surface area (Å²) in [6, 6.07) is 0.313. The Labute approximate surface area is 156 Å². The third-order valence-corrected chi connectivity index (χ3v) is 7.08. The van der Waals surface area contributed by atoms with Gasteiger partial charge in [-0.05, 0) is 52.5 Å². The largest absolute Gasteiger partial charge is 0.339 e. The van der Waals surface area contributed by atoms with E-state index in [2.05, 4.69) is 6.92 Å². The highest BCUT2D eigenvalue weighted by Crippen LogP contribution is 2.28. The van der Waals surface area contributed by atoms with Crippen LogP contribution in [0.3, 0.4) is 0 Å². The Balaban J connectivity index is 1.86. The van der Waals surface area contributed by atoms with Gasteiger partial charge in [0.05, 0.1) is 11.1 Å². The smallest absolute Gasteiger partial charge is 0.263 e. The second-order valence-electron chi connectivity index (χ2n) is 6.63. The Morgan fingerprint density at radius 2 is 2.12 bits per heavy atom. The highest BCUT2D eigenvalue weighted by molar-refractivity contribution is 7.99. The molecule has 1 atom stereocenters. The maximum absolute atomic E-state index is 12.8. The van der Waals surface area contributed by atoms with Crippen molar-refractivity contribution in [3.8, 4) is 0 Å². The van der Waals surface area contributed by atoms with Crippen molar-refractivity contribution in [2.45, 2.75) is 64.7 Å². The Bertz CT molecular complexity index is 856. The van der Waals surface area contributed by atoms with Gasteiger partial charge in [-0.3, -0.25) is 14.2 Å². The number of likely N-dealkylation sites (tertiary alicyclic amines) is 1. The fourth-order valence-corrected chi connectivity index (χ4v) is 5.40. The van der Waals surface area contributed by atoms with Crippen LogP contribution >= 0.6 is 23.1 Å². The molecule has 7 heteroatoms. The summed E-state index contributed by atoms with van der Waals surface area (Å²) >= 11 is 2.94. The number of nitrogens with zero attached hydrogens (tertiary/aromatic N) is 3. The minimum atomic E-state index is 0.00985. The third kappa shape index (κ3) is 3.49. The summed E-state index contributed by atoms with van der Waals surface area (Å²) in [5, 5.41) is 1.38. The van der Waals surface area contributed by atoms with Crippen LogP contribution in [0.4, 0.5) is 0 Å². The van der Waals surface area contributed by atoms with Gasteiger partial charge in [0.1, 0.15) is 4.83 Å². The van der Waals surface area contributed by atoms with Gasteiger partial charge in [-0.1, -0.05) is 11.8 Å². The molecule has 0 spiro atoms. The predicted octanol–water partition coefficient (Wildman–Crippen LogP) is 3.59. The average molecular weight is 380 g/mol. The van der Waals surface area contributed by atoms with Crippen molar-refractivity contribution < 1.29 is 4.79 Å². The summed E-state index contributed by atoms with van der Waals surface area (Å²) in [5.74, 6) is 0.485. The third-order valence-electron chi connectivity index (χ3n) is 5.02. The van der Waals surface area contributed by atoms with E-state index < -0.39 is 0 Å². The second-order valence-corrected chi connectivity index (χ2v) is 8.77. The molecular formula is C18H25N3O2S2. The molecule has 136 valence electrons. The van der Waals surface area contributed by atoms with E-state index in [9.17, 15) is 9.59 Å². The molecular weight excluding hydrogens is 354 g/mol. The first-order valence-electron chi connectivity index (χ1n) is 8.86. The Morgan fingerprint density at radius 1 is 1.36 bits per heavy atom. The first-order chi connectivity index (χ1) is 11.9. The molecule has 0 saturated carbocycles. The van der Waals surface area contributed by atoms with E-state index >= 15 is 0 Å². The number of amides is 1. The quantitative estimate of drug-likeness (QED) is 0.602. The molecule has 1 amide bonds. The molecule has 1 aliphatic heterocycles. The molecule has 3 rings (SSSR count). The Kier molecular flexibility index (Phi) is 5.53. The molecule has 2 aromatic heterocycles. The number of thiophene rings is 1. The number of rotatable bonds is 4. The van der Waals surface area contributed by atoms with Gasteiger partial charge >= 0.3 is 0 Å². The summed E-state index contributed by atoms with van der Waals surface area (Å²) < 4.78 is 1.69. The van der Waals surface area contributed by atoms with Crippen molar-refractivity contribution in [3.63, 3.8) is 0 Å². The topological polar surface area (TPSA) is 55.2 Å². The van der Waals surface area contributed by atoms with Gasteiger partial charge in [0.15, 0.2) is 5.16 Å². The molecule has 0 radical (unpaired) electrons. The van der Waals surface area contributed by atoms with Crippen LogP contribution in [0.2, 0.25) is 0 Å². The summed E-state index contributed by atoms with van der Waals surface area (Å²) in [6.45, 7) is 9.47. The maximum Gasteiger partial charge on any atom is 0.263 e. The fourth-order valence-electron chi connectivity index (χ4n) is 3.38. The zero-order valence-electron chi connectivity index (χ0n) is 15.3. The molecule has 0 N–H and O–H groups in total. The van der Waals surface area contributed by atoms with Crippen LogP contribution in [0.25, 0.3) is 10.2 Å². The average Bonchev–Trinajstić information content (AvgIpc) is 2.87. The van der Waals surface area contributed by atoms with Crippen LogP contribution in [-0.2, 0) is 11.3 Å². The number of carbonyl (C=O) groups excluding carboxylic acids is 1. The summed E-state index contributed by atoms with van der Waals surface area (Å²) in [4.78, 5) is 34.0. The van der Waals surface area contributed by atoms with E-state index in [1.807, 2.05) is 25.7 Å². The van der Waals surface area contributed by atoms with Crippen molar-refractivity contribution in [1.82, 2.24) is 14.5 Å². The zero-order chi connectivity index (χ0) is 18.1. The summed E-state index contributed by atoms with van der Waals surface area (Å²) in [7, 11) is 0. The Morgan fingerprint density at radius 3 is 2.80 bits per heavy atom. The van der Waals surface area contributed by atoms with Crippen molar-refractivity contribution in [2.75, 3.05) is 12.3 Å². The van der Waals surface area contributed by atoms with E-state index in [1.54, 1.807) is 15.9 Å². The van der Waals surface area contributed by atoms with E-state index in [4.69, 9.17) is 4.98 Å². The zero-order valence-corrected chi connectivity index (χ0v) is 16.9. The number of hydrogen-bond acceptors (Lipinski definition) is 5. The van der Waals surface area contributed by atoms with Gasteiger partial charge in [-0.25, -0.2) is 4.98 Å². The van der Waals surface area contributed by atoms with Gasteiger partial charge in [0, 0.05) is 24.0 Å². The van der Waals surface area contributed by atoms with Crippen LogP contribution in [-0.4, -0.2) is 38.7 Å². The van der Waals surface area contributed by atoms with Gasteiger partial charge in [-0.2, -0.15) is 0 Å². The highest BCUT2D eigenvalue weighted by atomic mass is 32.2.